The molecule has 0 spiro atoms. The van der Waals surface area contributed by atoms with Crippen LogP contribution >= 0.6 is 0 Å². The van der Waals surface area contributed by atoms with Crippen LogP contribution in [-0.4, -0.2) is 56.1 Å². The van der Waals surface area contributed by atoms with Crippen molar-refractivity contribution in [1.29, 1.82) is 0 Å². The van der Waals surface area contributed by atoms with Crippen molar-refractivity contribution in [3.8, 4) is 0 Å². The molecule has 0 fully saturated rings. The van der Waals surface area contributed by atoms with Gasteiger partial charge in [-0.15, -0.1) is 0 Å². The van der Waals surface area contributed by atoms with E-state index in [0.717, 1.165) is 0 Å². The fourth-order valence-electron chi connectivity index (χ4n) is 2.11. The smallest absolute Gasteiger partial charge is 0.0589 e. The molecule has 0 heterocycles. The number of aliphatic hydroxyl groups is 5. The average molecular weight is 278 g/mol. The summed E-state index contributed by atoms with van der Waals surface area (Å²) in [5.41, 5.74) is 0. The van der Waals surface area contributed by atoms with Crippen LogP contribution in [0.2, 0.25) is 0 Å². The van der Waals surface area contributed by atoms with E-state index in [1.54, 1.807) is 6.92 Å². The molecule has 0 aromatic heterocycles. The lowest BCUT2D eigenvalue weighted by atomic mass is 9.99. The van der Waals surface area contributed by atoms with E-state index in [4.69, 9.17) is 5.11 Å². The van der Waals surface area contributed by atoms with Crippen molar-refractivity contribution in [3.63, 3.8) is 0 Å². The van der Waals surface area contributed by atoms with Crippen LogP contribution < -0.4 is 0 Å². The van der Waals surface area contributed by atoms with Crippen LogP contribution in [0.3, 0.4) is 0 Å². The lowest BCUT2D eigenvalue weighted by Gasteiger charge is -2.18. The minimum absolute atomic E-state index is 0.249. The summed E-state index contributed by atoms with van der Waals surface area (Å²) < 4.78 is 0. The van der Waals surface area contributed by atoms with E-state index in [2.05, 4.69) is 0 Å². The summed E-state index contributed by atoms with van der Waals surface area (Å²) >= 11 is 0. The Morgan fingerprint density at radius 2 is 1.16 bits per heavy atom. The summed E-state index contributed by atoms with van der Waals surface area (Å²) in [6, 6.07) is 0. The first-order valence-corrected chi connectivity index (χ1v) is 7.25. The van der Waals surface area contributed by atoms with Gasteiger partial charge in [0.05, 0.1) is 30.5 Å². The zero-order valence-corrected chi connectivity index (χ0v) is 12.1. The monoisotopic (exact) mass is 278 g/mol. The number of hydrogen-bond donors (Lipinski definition) is 5. The predicted molar refractivity (Wildman–Crippen MR) is 73.7 cm³/mol. The highest BCUT2D eigenvalue weighted by atomic mass is 16.3. The summed E-state index contributed by atoms with van der Waals surface area (Å²) in [7, 11) is 0. The first-order chi connectivity index (χ1) is 8.85. The van der Waals surface area contributed by atoms with E-state index >= 15 is 0 Å². The highest BCUT2D eigenvalue weighted by Gasteiger charge is 2.15. The van der Waals surface area contributed by atoms with Gasteiger partial charge >= 0.3 is 0 Å². The molecule has 0 aliphatic heterocycles. The maximum Gasteiger partial charge on any atom is 0.0589 e. The molecule has 0 radical (unpaired) electrons. The van der Waals surface area contributed by atoms with Crippen LogP contribution in [0.25, 0.3) is 0 Å². The molecule has 0 rings (SSSR count). The summed E-state index contributed by atoms with van der Waals surface area (Å²) in [6.45, 7) is 3.47. The van der Waals surface area contributed by atoms with Gasteiger partial charge in [0, 0.05) is 0 Å². The molecule has 116 valence electrons. The van der Waals surface area contributed by atoms with Gasteiger partial charge < -0.3 is 25.5 Å². The summed E-state index contributed by atoms with van der Waals surface area (Å²) in [5.74, 6) is 0. The second-order valence-electron chi connectivity index (χ2n) is 5.51. The van der Waals surface area contributed by atoms with Gasteiger partial charge in [-0.2, -0.15) is 0 Å². The Morgan fingerprint density at radius 1 is 0.684 bits per heavy atom. The maximum atomic E-state index is 9.70. The largest absolute Gasteiger partial charge is 0.393 e. The topological polar surface area (TPSA) is 101 Å². The highest BCUT2D eigenvalue weighted by molar-refractivity contribution is 4.68. The molecule has 0 saturated carbocycles. The van der Waals surface area contributed by atoms with Gasteiger partial charge in [-0.05, 0) is 51.9 Å². The standard InChI is InChI=1S/C14H30O5/c1-3-11(16)8-12(17)5-4-6-13(18)9-14(19)7-10(2)15/h10-19H,3-9H2,1-2H3/t10-,11?,12?,13?,14?/m0/s1. The van der Waals surface area contributed by atoms with Gasteiger partial charge in [0.2, 0.25) is 0 Å². The molecule has 0 amide bonds. The third-order valence-electron chi connectivity index (χ3n) is 3.25. The summed E-state index contributed by atoms with van der Waals surface area (Å²) in [6.07, 6.45) is 0.344. The Hall–Kier alpha value is -0.200. The second-order valence-corrected chi connectivity index (χ2v) is 5.51. The molecule has 5 atom stereocenters. The molecule has 0 aliphatic carbocycles. The zero-order chi connectivity index (χ0) is 14.8. The molecule has 0 aromatic carbocycles. The Bertz CT molecular complexity index is 210. The normalized spacial score (nSPS) is 19.7. The van der Waals surface area contributed by atoms with Gasteiger partial charge in [-0.1, -0.05) is 6.92 Å². The minimum Gasteiger partial charge on any atom is -0.393 e. The Labute approximate surface area is 115 Å². The third-order valence-corrected chi connectivity index (χ3v) is 3.25. The van der Waals surface area contributed by atoms with Crippen LogP contribution in [-0.2, 0) is 0 Å². The average Bonchev–Trinajstić information content (AvgIpc) is 2.27. The molecule has 0 bridgehead atoms. The third kappa shape index (κ3) is 11.3. The Balaban J connectivity index is 3.64. The van der Waals surface area contributed by atoms with Crippen molar-refractivity contribution in [2.24, 2.45) is 0 Å². The van der Waals surface area contributed by atoms with Crippen molar-refractivity contribution in [2.75, 3.05) is 0 Å². The molecular formula is C14H30O5. The van der Waals surface area contributed by atoms with Crippen molar-refractivity contribution in [3.05, 3.63) is 0 Å². The summed E-state index contributed by atoms with van der Waals surface area (Å²) in [4.78, 5) is 0. The molecule has 0 saturated heterocycles. The van der Waals surface area contributed by atoms with E-state index in [-0.39, 0.29) is 12.8 Å². The van der Waals surface area contributed by atoms with Crippen LogP contribution in [0, 0.1) is 0 Å². The first-order valence-electron chi connectivity index (χ1n) is 7.25. The maximum absolute atomic E-state index is 9.70. The van der Waals surface area contributed by atoms with Crippen molar-refractivity contribution in [2.45, 2.75) is 89.3 Å². The van der Waals surface area contributed by atoms with Gasteiger partial charge in [-0.25, -0.2) is 0 Å². The van der Waals surface area contributed by atoms with Crippen LogP contribution in [0.1, 0.15) is 58.8 Å². The lowest BCUT2D eigenvalue weighted by Crippen LogP contribution is -2.22. The number of hydrogen-bond acceptors (Lipinski definition) is 5. The van der Waals surface area contributed by atoms with Crippen LogP contribution in [0.15, 0.2) is 0 Å². The fourth-order valence-corrected chi connectivity index (χ4v) is 2.11. The van der Waals surface area contributed by atoms with E-state index in [0.29, 0.717) is 32.1 Å². The van der Waals surface area contributed by atoms with Gasteiger partial charge in [0.15, 0.2) is 0 Å². The van der Waals surface area contributed by atoms with Crippen LogP contribution in [0.5, 0.6) is 0 Å². The molecule has 5 N–H and O–H groups in total. The van der Waals surface area contributed by atoms with E-state index < -0.39 is 30.5 Å². The fraction of sp³-hybridized carbons (Fsp3) is 1.00. The molecular weight excluding hydrogens is 248 g/mol. The van der Waals surface area contributed by atoms with Gasteiger partial charge in [-0.3, -0.25) is 0 Å². The Morgan fingerprint density at radius 3 is 1.58 bits per heavy atom. The van der Waals surface area contributed by atoms with Gasteiger partial charge in [0.1, 0.15) is 0 Å². The molecule has 5 nitrogen and oxygen atoms in total. The van der Waals surface area contributed by atoms with Crippen molar-refractivity contribution >= 4 is 0 Å². The van der Waals surface area contributed by atoms with Gasteiger partial charge in [0.25, 0.3) is 0 Å². The lowest BCUT2D eigenvalue weighted by molar-refractivity contribution is 0.0378. The number of aliphatic hydroxyl groups excluding tert-OH is 5. The molecule has 5 heteroatoms. The van der Waals surface area contributed by atoms with Crippen LogP contribution in [0.4, 0.5) is 0 Å². The summed E-state index contributed by atoms with van der Waals surface area (Å²) in [5, 5.41) is 47.4. The Kier molecular flexibility index (Phi) is 10.5. The first kappa shape index (κ1) is 18.8. The van der Waals surface area contributed by atoms with E-state index in [9.17, 15) is 20.4 Å². The van der Waals surface area contributed by atoms with E-state index in [1.165, 1.54) is 0 Å². The van der Waals surface area contributed by atoms with Crippen molar-refractivity contribution < 1.29 is 25.5 Å². The minimum atomic E-state index is -0.693. The predicted octanol–water partition coefficient (Wildman–Crippen LogP) is 0.561. The SMILES string of the molecule is CCC(O)CC(O)CCCC(O)CC(O)C[C@H](C)O. The number of rotatable bonds is 11. The van der Waals surface area contributed by atoms with E-state index in [1.807, 2.05) is 6.92 Å². The molecule has 4 unspecified atom stereocenters. The van der Waals surface area contributed by atoms with Crippen molar-refractivity contribution in [1.82, 2.24) is 0 Å². The molecule has 0 aliphatic rings. The second kappa shape index (κ2) is 10.6. The molecule has 0 aromatic rings. The zero-order valence-electron chi connectivity index (χ0n) is 12.1. The molecule has 19 heavy (non-hydrogen) atoms. The highest BCUT2D eigenvalue weighted by Crippen LogP contribution is 2.14. The quantitative estimate of drug-likeness (QED) is 0.380.